The first-order valence-electron chi connectivity index (χ1n) is 8.98. The van der Waals surface area contributed by atoms with E-state index in [0.29, 0.717) is 12.3 Å². The lowest BCUT2D eigenvalue weighted by Gasteiger charge is -2.32. The molecule has 2 N–H and O–H groups in total. The molecule has 0 aromatic carbocycles. The van der Waals surface area contributed by atoms with E-state index < -0.39 is 36.4 Å². The van der Waals surface area contributed by atoms with Crippen molar-refractivity contribution in [2.45, 2.75) is 90.0 Å². The number of hydrogen-bond acceptors (Lipinski definition) is 3. The Labute approximate surface area is 152 Å². The Morgan fingerprint density at radius 3 is 2.23 bits per heavy atom. The molecule has 1 aliphatic carbocycles. The van der Waals surface area contributed by atoms with Crippen molar-refractivity contribution in [3.05, 3.63) is 0 Å². The standard InChI is InChI=1S/C17H29F3N2O4/c1-16(2,3)26-14(23)21-22(15(24)25)13(17(18,19)20)11-7-10-12-8-5-4-6-9-12/h12-13H,4-11H2,1-3H3,(H,21,23)(H,24,25). The van der Waals surface area contributed by atoms with Gasteiger partial charge in [-0.05, 0) is 33.1 Å². The van der Waals surface area contributed by atoms with E-state index in [0.717, 1.165) is 32.1 Å². The van der Waals surface area contributed by atoms with Gasteiger partial charge in [-0.3, -0.25) is 0 Å². The smallest absolute Gasteiger partial charge is 0.426 e. The summed E-state index contributed by atoms with van der Waals surface area (Å²) in [5.74, 6) is 0.398. The number of rotatable bonds is 5. The fourth-order valence-electron chi connectivity index (χ4n) is 3.17. The van der Waals surface area contributed by atoms with Crippen LogP contribution in [0.2, 0.25) is 0 Å². The van der Waals surface area contributed by atoms with Crippen LogP contribution >= 0.6 is 0 Å². The number of carboxylic acid groups (broad SMARTS) is 1. The fraction of sp³-hybridized carbons (Fsp3) is 0.882. The molecule has 1 fully saturated rings. The van der Waals surface area contributed by atoms with Gasteiger partial charge in [-0.2, -0.15) is 13.2 Å². The molecular formula is C17H29F3N2O4. The molecule has 152 valence electrons. The molecule has 0 heterocycles. The SMILES string of the molecule is CC(C)(C)OC(=O)NN(C(=O)O)C(CCCC1CCCCC1)C(F)(F)F. The van der Waals surface area contributed by atoms with Crippen molar-refractivity contribution in [3.8, 4) is 0 Å². The molecule has 0 radical (unpaired) electrons. The third-order valence-electron chi connectivity index (χ3n) is 4.32. The maximum Gasteiger partial charge on any atom is 0.426 e. The highest BCUT2D eigenvalue weighted by Crippen LogP contribution is 2.32. The molecule has 0 aromatic heterocycles. The number of carbonyl (C=O) groups excluding carboxylic acids is 1. The molecule has 0 aliphatic heterocycles. The molecule has 0 aromatic rings. The zero-order valence-corrected chi connectivity index (χ0v) is 15.6. The van der Waals surface area contributed by atoms with Crippen molar-refractivity contribution in [3.63, 3.8) is 0 Å². The van der Waals surface area contributed by atoms with Gasteiger partial charge in [-0.1, -0.05) is 44.9 Å². The molecule has 6 nitrogen and oxygen atoms in total. The Balaban J connectivity index is 2.72. The van der Waals surface area contributed by atoms with Gasteiger partial charge < -0.3 is 9.84 Å². The minimum Gasteiger partial charge on any atom is -0.464 e. The summed E-state index contributed by atoms with van der Waals surface area (Å²) in [6.45, 7) is 4.59. The second-order valence-electron chi connectivity index (χ2n) is 7.76. The van der Waals surface area contributed by atoms with Crippen molar-refractivity contribution in [2.24, 2.45) is 5.92 Å². The molecule has 1 unspecified atom stereocenters. The first-order chi connectivity index (χ1) is 11.9. The quantitative estimate of drug-likeness (QED) is 0.649. The van der Waals surface area contributed by atoms with E-state index >= 15 is 0 Å². The second kappa shape index (κ2) is 9.32. The van der Waals surface area contributed by atoms with Crippen molar-refractivity contribution >= 4 is 12.2 Å². The monoisotopic (exact) mass is 382 g/mol. The van der Waals surface area contributed by atoms with Gasteiger partial charge in [-0.25, -0.2) is 20.0 Å². The molecule has 1 atom stereocenters. The number of nitrogens with one attached hydrogen (secondary N) is 1. The largest absolute Gasteiger partial charge is 0.464 e. The summed E-state index contributed by atoms with van der Waals surface area (Å²) in [5, 5.41) is 9.07. The van der Waals surface area contributed by atoms with E-state index in [1.165, 1.54) is 20.8 Å². The molecular weight excluding hydrogens is 353 g/mol. The Morgan fingerprint density at radius 1 is 1.19 bits per heavy atom. The highest BCUT2D eigenvalue weighted by Gasteiger charge is 2.46. The Hall–Kier alpha value is -1.67. The summed E-state index contributed by atoms with van der Waals surface area (Å²) in [6, 6.07) is -2.31. The van der Waals surface area contributed by atoms with Crippen LogP contribution in [0.5, 0.6) is 0 Å². The van der Waals surface area contributed by atoms with Crippen LogP contribution in [0.25, 0.3) is 0 Å². The van der Waals surface area contributed by atoms with E-state index in [4.69, 9.17) is 9.84 Å². The van der Waals surface area contributed by atoms with Crippen molar-refractivity contribution in [2.75, 3.05) is 0 Å². The highest BCUT2D eigenvalue weighted by atomic mass is 19.4. The molecule has 1 rings (SSSR count). The highest BCUT2D eigenvalue weighted by molar-refractivity contribution is 5.73. The van der Waals surface area contributed by atoms with Gasteiger partial charge in [-0.15, -0.1) is 0 Å². The maximum atomic E-state index is 13.4. The van der Waals surface area contributed by atoms with Crippen LogP contribution in [-0.2, 0) is 4.74 Å². The number of halogens is 3. The van der Waals surface area contributed by atoms with E-state index in [1.807, 2.05) is 0 Å². The van der Waals surface area contributed by atoms with Gasteiger partial charge in [0.25, 0.3) is 0 Å². The molecule has 0 saturated heterocycles. The van der Waals surface area contributed by atoms with E-state index in [9.17, 15) is 22.8 Å². The topological polar surface area (TPSA) is 78.9 Å². The maximum absolute atomic E-state index is 13.4. The van der Waals surface area contributed by atoms with Gasteiger partial charge in [0.05, 0.1) is 0 Å². The Morgan fingerprint density at radius 2 is 1.77 bits per heavy atom. The van der Waals surface area contributed by atoms with Gasteiger partial charge in [0, 0.05) is 0 Å². The third kappa shape index (κ3) is 8.14. The molecule has 1 aliphatic rings. The van der Waals surface area contributed by atoms with E-state index in [2.05, 4.69) is 0 Å². The van der Waals surface area contributed by atoms with Crippen LogP contribution in [0.15, 0.2) is 0 Å². The minimum absolute atomic E-state index is 0.0883. The summed E-state index contributed by atoms with van der Waals surface area (Å²) in [5.41, 5.74) is 0.765. The number of amides is 2. The molecule has 1 saturated carbocycles. The summed E-state index contributed by atoms with van der Waals surface area (Å²) in [7, 11) is 0. The van der Waals surface area contributed by atoms with Gasteiger partial charge in [0.2, 0.25) is 0 Å². The predicted octanol–water partition coefficient (Wildman–Crippen LogP) is 5.09. The number of nitrogens with zero attached hydrogens (tertiary/aromatic N) is 1. The Bertz CT molecular complexity index is 472. The van der Waals surface area contributed by atoms with Gasteiger partial charge in [0.15, 0.2) is 6.04 Å². The van der Waals surface area contributed by atoms with Crippen LogP contribution in [0.4, 0.5) is 22.8 Å². The van der Waals surface area contributed by atoms with E-state index in [1.54, 1.807) is 5.43 Å². The number of alkyl halides is 3. The zero-order chi connectivity index (χ0) is 20.0. The first kappa shape index (κ1) is 22.4. The summed E-state index contributed by atoms with van der Waals surface area (Å²) in [6.07, 6.45) is -2.07. The van der Waals surface area contributed by atoms with Crippen molar-refractivity contribution in [1.29, 1.82) is 0 Å². The summed E-state index contributed by atoms with van der Waals surface area (Å²) in [4.78, 5) is 23.0. The van der Waals surface area contributed by atoms with Crippen molar-refractivity contribution in [1.82, 2.24) is 10.4 Å². The molecule has 0 spiro atoms. The lowest BCUT2D eigenvalue weighted by Crippen LogP contribution is -2.57. The van der Waals surface area contributed by atoms with Crippen LogP contribution in [0.3, 0.4) is 0 Å². The minimum atomic E-state index is -4.79. The normalized spacial score (nSPS) is 17.5. The average Bonchev–Trinajstić information content (AvgIpc) is 2.47. The third-order valence-corrected chi connectivity index (χ3v) is 4.32. The number of hydrogen-bond donors (Lipinski definition) is 2. The van der Waals surface area contributed by atoms with Crippen LogP contribution in [0, 0.1) is 5.92 Å². The Kier molecular flexibility index (Phi) is 8.02. The molecule has 2 amide bonds. The van der Waals surface area contributed by atoms with Gasteiger partial charge >= 0.3 is 18.4 Å². The molecule has 0 bridgehead atoms. The van der Waals surface area contributed by atoms with E-state index in [-0.39, 0.29) is 11.4 Å². The van der Waals surface area contributed by atoms with Crippen LogP contribution < -0.4 is 5.43 Å². The fourth-order valence-corrected chi connectivity index (χ4v) is 3.17. The molecule has 9 heteroatoms. The van der Waals surface area contributed by atoms with Crippen LogP contribution in [-0.4, -0.2) is 40.1 Å². The summed E-state index contributed by atoms with van der Waals surface area (Å²) >= 11 is 0. The van der Waals surface area contributed by atoms with Crippen LogP contribution in [0.1, 0.15) is 72.1 Å². The predicted molar refractivity (Wildman–Crippen MR) is 89.5 cm³/mol. The average molecular weight is 382 g/mol. The van der Waals surface area contributed by atoms with Crippen molar-refractivity contribution < 1.29 is 32.6 Å². The summed E-state index contributed by atoms with van der Waals surface area (Å²) < 4.78 is 45.0. The molecule has 26 heavy (non-hydrogen) atoms. The first-order valence-corrected chi connectivity index (χ1v) is 8.98. The lowest BCUT2D eigenvalue weighted by atomic mass is 9.85. The number of hydrazine groups is 1. The number of ether oxygens (including phenoxy) is 1. The zero-order valence-electron chi connectivity index (χ0n) is 15.6. The van der Waals surface area contributed by atoms with Gasteiger partial charge in [0.1, 0.15) is 5.60 Å². The lowest BCUT2D eigenvalue weighted by molar-refractivity contribution is -0.186. The number of carbonyl (C=O) groups is 2. The second-order valence-corrected chi connectivity index (χ2v) is 7.76.